The average Bonchev–Trinajstić information content (AvgIpc) is 2.52. The second-order valence-electron chi connectivity index (χ2n) is 10.2. The van der Waals surface area contributed by atoms with Gasteiger partial charge in [-0.05, 0) is 25.3 Å². The van der Waals surface area contributed by atoms with E-state index in [1.165, 1.54) is 0 Å². The van der Waals surface area contributed by atoms with Crippen LogP contribution in [-0.4, -0.2) is 113 Å². The van der Waals surface area contributed by atoms with Gasteiger partial charge in [0.05, 0.1) is 55.4 Å². The van der Waals surface area contributed by atoms with Crippen molar-refractivity contribution in [1.82, 2.24) is 5.32 Å². The van der Waals surface area contributed by atoms with E-state index in [2.05, 4.69) is 47.1 Å². The van der Waals surface area contributed by atoms with Gasteiger partial charge in [0.2, 0.25) is 0 Å². The maximum Gasteiger partial charge on any atom is 0.275 e. The summed E-state index contributed by atoms with van der Waals surface area (Å²) in [6.07, 6.45) is 2.88. The molecular weight excluding hydrogens is 404 g/mol. The van der Waals surface area contributed by atoms with Gasteiger partial charge in [0.25, 0.3) is 5.91 Å². The number of quaternary nitrogens is 3. The molecule has 7 heteroatoms. The zero-order valence-corrected chi connectivity index (χ0v) is 23.0. The van der Waals surface area contributed by atoms with Crippen LogP contribution in [0, 0.1) is 22.3 Å². The molecule has 0 spiro atoms. The minimum absolute atomic E-state index is 0. The van der Waals surface area contributed by atoms with Crippen LogP contribution in [0.15, 0.2) is 12.2 Å². The quantitative estimate of drug-likeness (QED) is 0.138. The van der Waals surface area contributed by atoms with Crippen molar-refractivity contribution in [1.29, 1.82) is 0 Å². The molecule has 0 aliphatic carbocycles. The molecule has 0 saturated heterocycles. The Hall–Kier alpha value is -1.28. The van der Waals surface area contributed by atoms with Gasteiger partial charge in [-0.1, -0.05) is 6.58 Å². The molecule has 7 nitrogen and oxygen atoms in total. The molecule has 0 aliphatic heterocycles. The summed E-state index contributed by atoms with van der Waals surface area (Å²) in [5, 5.41) is 13.3. The summed E-state index contributed by atoms with van der Waals surface area (Å²) in [5.41, 5.74) is 0.620. The lowest BCUT2D eigenvalue weighted by Crippen LogP contribution is -3.10. The van der Waals surface area contributed by atoms with Gasteiger partial charge < -0.3 is 46.6 Å². The van der Waals surface area contributed by atoms with Crippen molar-refractivity contribution in [3.8, 4) is 0 Å². The highest BCUT2D eigenvalue weighted by Crippen LogP contribution is 2.04. The number of hydrogen-bond donors (Lipinski definition) is 3. The number of amides is 1. The van der Waals surface area contributed by atoms with Crippen LogP contribution >= 0.6 is 0 Å². The molecule has 0 heterocycles. The number of rotatable bonds is 16. The van der Waals surface area contributed by atoms with E-state index in [0.29, 0.717) is 31.6 Å². The first kappa shape index (κ1) is 38.0. The zero-order chi connectivity index (χ0) is 22.7. The summed E-state index contributed by atoms with van der Waals surface area (Å²) in [6, 6.07) is 0. The standard InChI is InChI=1S/C22H45N4O3.3CH3/c1-19(2)21(28)12-9-10-14-24(3)16-22(29)23-13-11-15-26(7,8)18-20(27)17-25(4,5)6;;;/h20,27H,1,9-18H2,2-8H3;3*1H3/q+1;3*-1/p+2. The molecule has 194 valence electrons. The second kappa shape index (κ2) is 18.2. The third-order valence-corrected chi connectivity index (χ3v) is 4.92. The van der Waals surface area contributed by atoms with Gasteiger partial charge in [0.1, 0.15) is 13.1 Å². The minimum atomic E-state index is -0.331. The van der Waals surface area contributed by atoms with E-state index < -0.39 is 0 Å². The van der Waals surface area contributed by atoms with Gasteiger partial charge >= 0.3 is 0 Å². The first-order valence-corrected chi connectivity index (χ1v) is 10.8. The fourth-order valence-corrected chi connectivity index (χ4v) is 3.44. The Bertz CT molecular complexity index is 528. The van der Waals surface area contributed by atoms with E-state index in [4.69, 9.17) is 0 Å². The molecule has 2 unspecified atom stereocenters. The number of ketones is 1. The van der Waals surface area contributed by atoms with Crippen LogP contribution in [0.5, 0.6) is 0 Å². The van der Waals surface area contributed by atoms with Crippen LogP contribution < -0.4 is 10.2 Å². The Kier molecular flexibility index (Phi) is 21.6. The van der Waals surface area contributed by atoms with Crippen LogP contribution in [0.2, 0.25) is 0 Å². The molecule has 0 aliphatic rings. The number of Topliss-reactive ketones (excluding diaryl/α,β-unsaturated/α-hetero) is 1. The fraction of sp³-hybridized carbons (Fsp3) is 0.720. The smallest absolute Gasteiger partial charge is 0.275 e. The number of carbonyl (C=O) groups excluding carboxylic acids is 2. The highest BCUT2D eigenvalue weighted by atomic mass is 16.3. The maximum atomic E-state index is 12.1. The Morgan fingerprint density at radius 1 is 1.00 bits per heavy atom. The summed E-state index contributed by atoms with van der Waals surface area (Å²) in [4.78, 5) is 24.8. The third-order valence-electron chi connectivity index (χ3n) is 4.92. The normalized spacial score (nSPS) is 13.0. The van der Waals surface area contributed by atoms with E-state index in [-0.39, 0.29) is 40.1 Å². The third kappa shape index (κ3) is 21.9. The van der Waals surface area contributed by atoms with E-state index in [1.54, 1.807) is 6.92 Å². The van der Waals surface area contributed by atoms with Gasteiger partial charge in [-0.3, -0.25) is 9.59 Å². The number of aliphatic hydroxyl groups excluding tert-OH is 1. The SMILES string of the molecule is C=C(C)C(=O)CCCC[NH+](C)CC(=O)NCCC[N+](C)(C)CC(O)C[N+](C)(C)C.[CH3-].[CH3-].[CH3-]. The summed E-state index contributed by atoms with van der Waals surface area (Å²) in [5.74, 6) is 0.197. The van der Waals surface area contributed by atoms with Crippen molar-refractivity contribution in [2.24, 2.45) is 0 Å². The van der Waals surface area contributed by atoms with Crippen molar-refractivity contribution in [3.05, 3.63) is 34.4 Å². The molecule has 3 N–H and O–H groups in total. The molecule has 0 saturated carbocycles. The number of hydrogen-bond acceptors (Lipinski definition) is 3. The van der Waals surface area contributed by atoms with E-state index in [9.17, 15) is 14.7 Å². The minimum Gasteiger partial charge on any atom is -0.382 e. The topological polar surface area (TPSA) is 70.8 Å². The monoisotopic (exact) mass is 460 g/mol. The number of allylic oxidation sites excluding steroid dienone is 1. The number of unbranched alkanes of at least 4 members (excludes halogenated alkanes) is 1. The Morgan fingerprint density at radius 2 is 1.56 bits per heavy atom. The fourth-order valence-electron chi connectivity index (χ4n) is 3.44. The van der Waals surface area contributed by atoms with Crippen molar-refractivity contribution >= 4 is 11.7 Å². The second-order valence-corrected chi connectivity index (χ2v) is 10.2. The number of nitrogens with zero attached hydrogens (tertiary/aromatic N) is 2. The Labute approximate surface area is 200 Å². The van der Waals surface area contributed by atoms with Crippen molar-refractivity contribution < 1.29 is 28.6 Å². The summed E-state index contributed by atoms with van der Waals surface area (Å²) >= 11 is 0. The zero-order valence-electron chi connectivity index (χ0n) is 23.0. The number of aliphatic hydroxyl groups is 1. The van der Waals surface area contributed by atoms with Crippen LogP contribution in [0.1, 0.15) is 32.6 Å². The molecule has 0 aromatic rings. The first-order chi connectivity index (χ1) is 13.2. The molecule has 32 heavy (non-hydrogen) atoms. The molecule has 1 amide bonds. The number of likely N-dealkylation sites (N-methyl/N-ethyl adjacent to an activating group) is 3. The molecule has 0 aromatic heterocycles. The molecule has 0 rings (SSSR count). The molecule has 2 atom stereocenters. The lowest BCUT2D eigenvalue weighted by atomic mass is 10.1. The number of nitrogens with one attached hydrogen (secondary N) is 2. The lowest BCUT2D eigenvalue weighted by Gasteiger charge is -2.34. The summed E-state index contributed by atoms with van der Waals surface area (Å²) < 4.78 is 1.49. The largest absolute Gasteiger partial charge is 0.382 e. The van der Waals surface area contributed by atoms with Gasteiger partial charge in [-0.25, -0.2) is 0 Å². The molecule has 0 radical (unpaired) electrons. The van der Waals surface area contributed by atoms with Gasteiger partial charge in [0, 0.05) is 19.4 Å². The Balaban J connectivity index is -0.00000131. The molecule has 0 fully saturated rings. The van der Waals surface area contributed by atoms with Crippen LogP contribution in [0.25, 0.3) is 0 Å². The van der Waals surface area contributed by atoms with Crippen molar-refractivity contribution in [2.45, 2.75) is 38.7 Å². The summed E-state index contributed by atoms with van der Waals surface area (Å²) in [6.45, 7) is 9.76. The van der Waals surface area contributed by atoms with Gasteiger partial charge in [-0.15, -0.1) is 0 Å². The van der Waals surface area contributed by atoms with E-state index in [1.807, 2.05) is 7.05 Å². The van der Waals surface area contributed by atoms with Crippen LogP contribution in [0.3, 0.4) is 0 Å². The number of carbonyl (C=O) groups is 2. The lowest BCUT2D eigenvalue weighted by molar-refractivity contribution is -0.907. The predicted molar refractivity (Wildman–Crippen MR) is 138 cm³/mol. The summed E-state index contributed by atoms with van der Waals surface area (Å²) in [7, 11) is 12.5. The van der Waals surface area contributed by atoms with Crippen LogP contribution in [-0.2, 0) is 9.59 Å². The van der Waals surface area contributed by atoms with Gasteiger partial charge in [-0.2, -0.15) is 0 Å². The molecular formula is C25H56N4O3. The van der Waals surface area contributed by atoms with E-state index >= 15 is 0 Å². The average molecular weight is 461 g/mol. The highest BCUT2D eigenvalue weighted by Gasteiger charge is 2.24. The van der Waals surface area contributed by atoms with Crippen molar-refractivity contribution in [2.75, 3.05) is 81.6 Å². The Morgan fingerprint density at radius 3 is 2.06 bits per heavy atom. The maximum absolute atomic E-state index is 12.1. The van der Waals surface area contributed by atoms with Gasteiger partial charge in [0.15, 0.2) is 18.4 Å². The molecule has 0 bridgehead atoms. The molecule has 0 aromatic carbocycles. The van der Waals surface area contributed by atoms with Crippen LogP contribution in [0.4, 0.5) is 0 Å². The highest BCUT2D eigenvalue weighted by molar-refractivity contribution is 5.93. The first-order valence-electron chi connectivity index (χ1n) is 10.8. The predicted octanol–water partition coefficient (Wildman–Crippen LogP) is 0.817. The van der Waals surface area contributed by atoms with E-state index in [0.717, 1.165) is 52.8 Å². The van der Waals surface area contributed by atoms with Crippen molar-refractivity contribution in [3.63, 3.8) is 0 Å².